The number of imide groups is 1. The molecule has 1 heterocycles. The summed E-state index contributed by atoms with van der Waals surface area (Å²) in [5, 5.41) is 3.78. The lowest BCUT2D eigenvalue weighted by Crippen LogP contribution is -2.27. The Morgan fingerprint density at radius 3 is 2.35 bits per heavy atom. The minimum Gasteiger partial charge on any atom is -0.494 e. The number of amides is 2. The molecule has 0 atom stereocenters. The Morgan fingerprint density at radius 1 is 1.04 bits per heavy atom. The molecule has 0 unspecified atom stereocenters. The van der Waals surface area contributed by atoms with Gasteiger partial charge in [-0.15, -0.1) is 0 Å². The van der Waals surface area contributed by atoms with Crippen LogP contribution in [0.1, 0.15) is 12.5 Å². The van der Waals surface area contributed by atoms with Gasteiger partial charge in [0.2, 0.25) is 0 Å². The van der Waals surface area contributed by atoms with Crippen LogP contribution in [0.25, 0.3) is 5.57 Å². The van der Waals surface area contributed by atoms with Crippen LogP contribution >= 0.6 is 23.2 Å². The highest BCUT2D eigenvalue weighted by molar-refractivity contribution is 6.41. The van der Waals surface area contributed by atoms with Crippen molar-refractivity contribution in [2.45, 2.75) is 6.92 Å². The molecule has 0 fully saturated rings. The number of carbonyl (C=O) groups is 2. The zero-order valence-corrected chi connectivity index (χ0v) is 15.7. The van der Waals surface area contributed by atoms with Crippen LogP contribution in [-0.2, 0) is 9.59 Å². The number of hydrogen-bond donors (Lipinski definition) is 1. The van der Waals surface area contributed by atoms with Crippen molar-refractivity contribution >= 4 is 46.3 Å². The fraction of sp³-hybridized carbons (Fsp3) is 0.158. The van der Waals surface area contributed by atoms with E-state index in [2.05, 4.69) is 5.32 Å². The van der Waals surface area contributed by atoms with Crippen LogP contribution in [0.15, 0.2) is 48.2 Å². The number of nitrogens with one attached hydrogen (secondary N) is 1. The summed E-state index contributed by atoms with van der Waals surface area (Å²) >= 11 is 12.2. The van der Waals surface area contributed by atoms with Crippen molar-refractivity contribution in [2.24, 2.45) is 0 Å². The lowest BCUT2D eigenvalue weighted by molar-refractivity contribution is -0.135. The SMILES string of the molecule is CCOc1ccc(NC2=C(c3ccc(Cl)cc3Cl)C(=O)N(C)C2=O)cc1. The van der Waals surface area contributed by atoms with E-state index < -0.39 is 11.8 Å². The first-order valence-corrected chi connectivity index (χ1v) is 8.70. The van der Waals surface area contributed by atoms with Crippen LogP contribution < -0.4 is 10.1 Å². The summed E-state index contributed by atoms with van der Waals surface area (Å²) in [6, 6.07) is 11.9. The second kappa shape index (κ2) is 7.40. The highest BCUT2D eigenvalue weighted by Gasteiger charge is 2.37. The molecule has 0 saturated heterocycles. The quantitative estimate of drug-likeness (QED) is 0.776. The highest BCUT2D eigenvalue weighted by atomic mass is 35.5. The third kappa shape index (κ3) is 3.41. The number of ether oxygens (including phenoxy) is 1. The molecule has 26 heavy (non-hydrogen) atoms. The first-order valence-electron chi connectivity index (χ1n) is 7.94. The molecular weight excluding hydrogens is 375 g/mol. The minimum atomic E-state index is -0.426. The maximum atomic E-state index is 12.6. The van der Waals surface area contributed by atoms with Gasteiger partial charge in [-0.25, -0.2) is 0 Å². The molecule has 2 aromatic rings. The number of carbonyl (C=O) groups excluding carboxylic acids is 2. The summed E-state index contributed by atoms with van der Waals surface area (Å²) in [5.74, 6) is -0.128. The molecule has 2 amide bonds. The van der Waals surface area contributed by atoms with E-state index in [4.69, 9.17) is 27.9 Å². The molecule has 0 aromatic heterocycles. The van der Waals surface area contributed by atoms with Crippen LogP contribution in [0.5, 0.6) is 5.75 Å². The Labute approximate surface area is 161 Å². The molecule has 0 radical (unpaired) electrons. The van der Waals surface area contributed by atoms with Crippen LogP contribution in [0.3, 0.4) is 0 Å². The Morgan fingerprint density at radius 2 is 1.73 bits per heavy atom. The highest BCUT2D eigenvalue weighted by Crippen LogP contribution is 2.34. The summed E-state index contributed by atoms with van der Waals surface area (Å²) < 4.78 is 5.40. The van der Waals surface area contributed by atoms with E-state index >= 15 is 0 Å². The van der Waals surface area contributed by atoms with E-state index in [1.165, 1.54) is 13.1 Å². The lowest BCUT2D eigenvalue weighted by Gasteiger charge is -2.10. The molecule has 3 rings (SSSR count). The van der Waals surface area contributed by atoms with Gasteiger partial charge >= 0.3 is 0 Å². The van der Waals surface area contributed by atoms with Gasteiger partial charge in [-0.3, -0.25) is 14.5 Å². The first kappa shape index (κ1) is 18.3. The van der Waals surface area contributed by atoms with E-state index in [1.54, 1.807) is 36.4 Å². The topological polar surface area (TPSA) is 58.6 Å². The van der Waals surface area contributed by atoms with Gasteiger partial charge in [0.15, 0.2) is 0 Å². The smallest absolute Gasteiger partial charge is 0.277 e. The maximum absolute atomic E-state index is 12.6. The number of nitrogens with zero attached hydrogens (tertiary/aromatic N) is 1. The maximum Gasteiger partial charge on any atom is 0.277 e. The Balaban J connectivity index is 2.03. The predicted octanol–water partition coefficient (Wildman–Crippen LogP) is 4.21. The van der Waals surface area contributed by atoms with Gasteiger partial charge in [0.1, 0.15) is 11.4 Å². The molecule has 2 aromatic carbocycles. The van der Waals surface area contributed by atoms with Gasteiger partial charge in [-0.2, -0.15) is 0 Å². The van der Waals surface area contributed by atoms with Gasteiger partial charge in [0, 0.05) is 23.3 Å². The summed E-state index contributed by atoms with van der Waals surface area (Å²) in [6.45, 7) is 2.46. The average molecular weight is 391 g/mol. The van der Waals surface area contributed by atoms with Crippen LogP contribution in [0, 0.1) is 0 Å². The van der Waals surface area contributed by atoms with Crippen molar-refractivity contribution in [1.82, 2.24) is 4.90 Å². The molecule has 0 spiro atoms. The Hall–Kier alpha value is -2.50. The number of likely N-dealkylation sites (N-methyl/N-ethyl adjacent to an activating group) is 1. The molecule has 5 nitrogen and oxygen atoms in total. The summed E-state index contributed by atoms with van der Waals surface area (Å²) in [7, 11) is 1.43. The molecule has 134 valence electrons. The lowest BCUT2D eigenvalue weighted by atomic mass is 10.0. The van der Waals surface area contributed by atoms with Crippen molar-refractivity contribution in [3.05, 3.63) is 63.8 Å². The van der Waals surface area contributed by atoms with Gasteiger partial charge < -0.3 is 10.1 Å². The fourth-order valence-electron chi connectivity index (χ4n) is 2.65. The number of rotatable bonds is 5. The molecular formula is C19H16Cl2N2O3. The monoisotopic (exact) mass is 390 g/mol. The van der Waals surface area contributed by atoms with Crippen LogP contribution in [0.4, 0.5) is 5.69 Å². The Bertz CT molecular complexity index is 908. The molecule has 0 bridgehead atoms. The summed E-state index contributed by atoms with van der Waals surface area (Å²) in [4.78, 5) is 26.2. The van der Waals surface area contributed by atoms with E-state index in [-0.39, 0.29) is 11.3 Å². The molecule has 1 N–H and O–H groups in total. The third-order valence-electron chi connectivity index (χ3n) is 3.92. The molecule has 0 saturated carbocycles. The third-order valence-corrected chi connectivity index (χ3v) is 4.47. The number of halogens is 2. The first-order chi connectivity index (χ1) is 12.4. The zero-order valence-electron chi connectivity index (χ0n) is 14.2. The Kier molecular flexibility index (Phi) is 5.20. The number of hydrogen-bond acceptors (Lipinski definition) is 4. The van der Waals surface area contributed by atoms with Gasteiger partial charge in [0.05, 0.1) is 17.2 Å². The van der Waals surface area contributed by atoms with Crippen molar-refractivity contribution in [2.75, 3.05) is 19.0 Å². The zero-order chi connectivity index (χ0) is 18.8. The largest absolute Gasteiger partial charge is 0.494 e. The summed E-state index contributed by atoms with van der Waals surface area (Å²) in [5.41, 5.74) is 1.49. The molecule has 1 aliphatic heterocycles. The fourth-order valence-corrected chi connectivity index (χ4v) is 3.15. The van der Waals surface area contributed by atoms with Gasteiger partial charge in [0.25, 0.3) is 11.8 Å². The van der Waals surface area contributed by atoms with E-state index in [9.17, 15) is 9.59 Å². The van der Waals surface area contributed by atoms with Gasteiger partial charge in [-0.1, -0.05) is 29.3 Å². The molecule has 0 aliphatic carbocycles. The second-order valence-electron chi connectivity index (χ2n) is 5.63. The van der Waals surface area contributed by atoms with E-state index in [0.717, 1.165) is 10.6 Å². The van der Waals surface area contributed by atoms with E-state index in [1.807, 2.05) is 6.92 Å². The van der Waals surface area contributed by atoms with E-state index in [0.29, 0.717) is 27.9 Å². The van der Waals surface area contributed by atoms with Crippen LogP contribution in [0.2, 0.25) is 10.0 Å². The predicted molar refractivity (Wildman–Crippen MR) is 102 cm³/mol. The van der Waals surface area contributed by atoms with Crippen molar-refractivity contribution in [1.29, 1.82) is 0 Å². The van der Waals surface area contributed by atoms with Crippen LogP contribution in [-0.4, -0.2) is 30.4 Å². The standard InChI is InChI=1S/C19H16Cl2N2O3/c1-3-26-13-7-5-12(6-8-13)22-17-16(18(24)23(2)19(17)25)14-9-4-11(20)10-15(14)21/h4-10,22H,3H2,1-2H3. The van der Waals surface area contributed by atoms with Crippen molar-refractivity contribution in [3.8, 4) is 5.75 Å². The molecule has 7 heteroatoms. The van der Waals surface area contributed by atoms with Gasteiger partial charge in [-0.05, 0) is 43.3 Å². The number of anilines is 1. The van der Waals surface area contributed by atoms with Crippen molar-refractivity contribution in [3.63, 3.8) is 0 Å². The number of benzene rings is 2. The summed E-state index contributed by atoms with van der Waals surface area (Å²) in [6.07, 6.45) is 0. The molecule has 1 aliphatic rings. The van der Waals surface area contributed by atoms with Crippen molar-refractivity contribution < 1.29 is 14.3 Å². The normalized spacial score (nSPS) is 14.2. The second-order valence-corrected chi connectivity index (χ2v) is 6.47. The minimum absolute atomic E-state index is 0.172. The average Bonchev–Trinajstić information content (AvgIpc) is 2.82.